The standard InChI is InChI=1S/C22H23N3O6S/c1-2-30-15-5-3-4-14(10-15)6-7-19(26)24-21-17(11-23)16-8-9-25(12-18(16)32-21)22(29)31-13-20(27)28/h3-5,10H,2,6-9,12-13H2,1H3,(H,24,26)(H,27,28). The van der Waals surface area contributed by atoms with Crippen molar-refractivity contribution in [3.63, 3.8) is 0 Å². The fourth-order valence-electron chi connectivity index (χ4n) is 3.38. The number of anilines is 1. The van der Waals surface area contributed by atoms with Gasteiger partial charge in [0.25, 0.3) is 0 Å². The van der Waals surface area contributed by atoms with E-state index < -0.39 is 18.7 Å². The Morgan fingerprint density at radius 2 is 2.16 bits per heavy atom. The number of carbonyl (C=O) groups is 3. The average molecular weight is 458 g/mol. The molecule has 0 spiro atoms. The number of aryl methyl sites for hydroxylation is 1. The number of carbonyl (C=O) groups excluding carboxylic acids is 2. The molecule has 2 aromatic rings. The maximum Gasteiger partial charge on any atom is 0.410 e. The number of thiophene rings is 1. The molecule has 2 N–H and O–H groups in total. The van der Waals surface area contributed by atoms with Crippen LogP contribution in [0, 0.1) is 11.3 Å². The molecule has 3 rings (SSSR count). The van der Waals surface area contributed by atoms with Gasteiger partial charge in [-0.1, -0.05) is 12.1 Å². The first-order valence-electron chi connectivity index (χ1n) is 10.1. The number of amides is 2. The van der Waals surface area contributed by atoms with Gasteiger partial charge < -0.3 is 24.8 Å². The molecule has 1 aromatic heterocycles. The number of nitriles is 1. The molecule has 0 aliphatic carbocycles. The lowest BCUT2D eigenvalue weighted by atomic mass is 10.0. The van der Waals surface area contributed by atoms with Crippen molar-refractivity contribution in [1.82, 2.24) is 4.90 Å². The summed E-state index contributed by atoms with van der Waals surface area (Å²) in [6.07, 6.45) is 0.487. The predicted octanol–water partition coefficient (Wildman–Crippen LogP) is 3.17. The summed E-state index contributed by atoms with van der Waals surface area (Å²) >= 11 is 1.25. The molecule has 2 heterocycles. The molecular formula is C22H23N3O6S. The van der Waals surface area contributed by atoms with Crippen LogP contribution in [0.5, 0.6) is 5.75 Å². The van der Waals surface area contributed by atoms with E-state index in [0.29, 0.717) is 36.6 Å². The molecule has 1 aliphatic rings. The predicted molar refractivity (Wildman–Crippen MR) is 117 cm³/mol. The van der Waals surface area contributed by atoms with E-state index in [1.54, 1.807) is 0 Å². The Kier molecular flexibility index (Phi) is 7.68. The van der Waals surface area contributed by atoms with E-state index in [4.69, 9.17) is 14.6 Å². The largest absolute Gasteiger partial charge is 0.494 e. The number of fused-ring (bicyclic) bond motifs is 1. The van der Waals surface area contributed by atoms with Crippen molar-refractivity contribution in [2.75, 3.05) is 25.1 Å². The van der Waals surface area contributed by atoms with Crippen LogP contribution in [0.3, 0.4) is 0 Å². The highest BCUT2D eigenvalue weighted by molar-refractivity contribution is 7.16. The molecule has 2 amide bonds. The zero-order valence-corrected chi connectivity index (χ0v) is 18.4. The van der Waals surface area contributed by atoms with Crippen molar-refractivity contribution in [1.29, 1.82) is 5.26 Å². The molecular weight excluding hydrogens is 434 g/mol. The Bertz CT molecular complexity index is 1060. The van der Waals surface area contributed by atoms with Crippen molar-refractivity contribution >= 4 is 34.3 Å². The van der Waals surface area contributed by atoms with Crippen LogP contribution >= 0.6 is 11.3 Å². The molecule has 9 nitrogen and oxygen atoms in total. The Morgan fingerprint density at radius 1 is 1.34 bits per heavy atom. The number of ether oxygens (including phenoxy) is 2. The lowest BCUT2D eigenvalue weighted by Gasteiger charge is -2.25. The summed E-state index contributed by atoms with van der Waals surface area (Å²) in [4.78, 5) is 37.3. The molecule has 0 bridgehead atoms. The van der Waals surface area contributed by atoms with Crippen molar-refractivity contribution in [3.05, 3.63) is 45.8 Å². The van der Waals surface area contributed by atoms with E-state index >= 15 is 0 Å². The fraction of sp³-hybridized carbons (Fsp3) is 0.364. The number of carboxylic acids is 1. The molecule has 1 aliphatic heterocycles. The Balaban J connectivity index is 1.62. The molecule has 0 saturated heterocycles. The molecule has 0 saturated carbocycles. The van der Waals surface area contributed by atoms with Gasteiger partial charge in [-0.3, -0.25) is 4.79 Å². The summed E-state index contributed by atoms with van der Waals surface area (Å²) < 4.78 is 10.2. The summed E-state index contributed by atoms with van der Waals surface area (Å²) in [6.45, 7) is 2.28. The molecule has 0 fully saturated rings. The first-order chi connectivity index (χ1) is 15.4. The molecule has 1 aromatic carbocycles. The van der Waals surface area contributed by atoms with Crippen molar-refractivity contribution in [2.24, 2.45) is 0 Å². The van der Waals surface area contributed by atoms with Crippen LogP contribution in [-0.4, -0.2) is 47.7 Å². The van der Waals surface area contributed by atoms with Gasteiger partial charge in [-0.15, -0.1) is 11.3 Å². The minimum Gasteiger partial charge on any atom is -0.494 e. The molecule has 10 heteroatoms. The van der Waals surface area contributed by atoms with Crippen LogP contribution in [0.1, 0.15) is 34.9 Å². The van der Waals surface area contributed by atoms with Crippen LogP contribution < -0.4 is 10.1 Å². The quantitative estimate of drug-likeness (QED) is 0.623. The second-order valence-corrected chi connectivity index (χ2v) is 8.17. The maximum absolute atomic E-state index is 12.5. The zero-order chi connectivity index (χ0) is 23.1. The Morgan fingerprint density at radius 3 is 2.88 bits per heavy atom. The van der Waals surface area contributed by atoms with Gasteiger partial charge in [0, 0.05) is 17.8 Å². The number of carboxylic acid groups (broad SMARTS) is 1. The topological polar surface area (TPSA) is 129 Å². The van der Waals surface area contributed by atoms with Gasteiger partial charge in [0.15, 0.2) is 6.61 Å². The number of benzene rings is 1. The Labute approximate surface area is 189 Å². The molecule has 168 valence electrons. The number of nitrogens with one attached hydrogen (secondary N) is 1. The van der Waals surface area contributed by atoms with E-state index in [2.05, 4.69) is 11.4 Å². The van der Waals surface area contributed by atoms with Crippen LogP contribution in [0.15, 0.2) is 24.3 Å². The lowest BCUT2D eigenvalue weighted by molar-refractivity contribution is -0.140. The maximum atomic E-state index is 12.5. The number of aliphatic carboxylic acids is 1. The van der Waals surface area contributed by atoms with Crippen LogP contribution in [0.2, 0.25) is 0 Å². The molecule has 32 heavy (non-hydrogen) atoms. The summed E-state index contributed by atoms with van der Waals surface area (Å²) in [5, 5.41) is 21.5. The zero-order valence-electron chi connectivity index (χ0n) is 17.6. The third kappa shape index (κ3) is 5.76. The summed E-state index contributed by atoms with van der Waals surface area (Å²) in [7, 11) is 0. The minimum absolute atomic E-state index is 0.202. The third-order valence-corrected chi connectivity index (χ3v) is 5.98. The van der Waals surface area contributed by atoms with Gasteiger partial charge in [0.1, 0.15) is 16.8 Å². The monoisotopic (exact) mass is 457 g/mol. The SMILES string of the molecule is CCOc1cccc(CCC(=O)Nc2sc3c(c2C#N)CCN(C(=O)OCC(=O)O)C3)c1. The number of rotatable bonds is 8. The van der Waals surface area contributed by atoms with Crippen LogP contribution in [0.25, 0.3) is 0 Å². The van der Waals surface area contributed by atoms with Crippen molar-refractivity contribution < 1.29 is 29.0 Å². The van der Waals surface area contributed by atoms with E-state index in [0.717, 1.165) is 21.8 Å². The third-order valence-electron chi connectivity index (χ3n) is 4.85. The van der Waals surface area contributed by atoms with Gasteiger partial charge >= 0.3 is 12.1 Å². The van der Waals surface area contributed by atoms with E-state index in [1.807, 2.05) is 31.2 Å². The summed E-state index contributed by atoms with van der Waals surface area (Å²) in [5.41, 5.74) is 2.20. The molecule has 0 radical (unpaired) electrons. The highest BCUT2D eigenvalue weighted by atomic mass is 32.1. The summed E-state index contributed by atoms with van der Waals surface area (Å²) in [6, 6.07) is 9.73. The van der Waals surface area contributed by atoms with Crippen LogP contribution in [0.4, 0.5) is 9.80 Å². The average Bonchev–Trinajstić information content (AvgIpc) is 3.12. The first kappa shape index (κ1) is 23.1. The highest BCUT2D eigenvalue weighted by Gasteiger charge is 2.28. The second kappa shape index (κ2) is 10.6. The lowest BCUT2D eigenvalue weighted by Crippen LogP contribution is -2.36. The van der Waals surface area contributed by atoms with Gasteiger partial charge in [-0.2, -0.15) is 5.26 Å². The van der Waals surface area contributed by atoms with Crippen LogP contribution in [-0.2, 0) is 33.7 Å². The summed E-state index contributed by atoms with van der Waals surface area (Å²) in [5.74, 6) is -0.678. The Hall–Kier alpha value is -3.58. The normalized spacial score (nSPS) is 12.4. The molecule has 0 atom stereocenters. The van der Waals surface area contributed by atoms with E-state index in [-0.39, 0.29) is 18.9 Å². The van der Waals surface area contributed by atoms with E-state index in [9.17, 15) is 19.6 Å². The number of hydrogen-bond donors (Lipinski definition) is 2. The van der Waals surface area contributed by atoms with Gasteiger partial charge in [0.05, 0.1) is 18.7 Å². The number of nitrogens with zero attached hydrogens (tertiary/aromatic N) is 2. The first-order valence-corrected chi connectivity index (χ1v) is 10.9. The van der Waals surface area contributed by atoms with E-state index in [1.165, 1.54) is 16.2 Å². The molecule has 0 unspecified atom stereocenters. The fourth-order valence-corrected chi connectivity index (χ4v) is 4.61. The number of hydrogen-bond acceptors (Lipinski definition) is 7. The van der Waals surface area contributed by atoms with Gasteiger partial charge in [0.2, 0.25) is 5.91 Å². The highest BCUT2D eigenvalue weighted by Crippen LogP contribution is 2.37. The minimum atomic E-state index is -1.23. The smallest absolute Gasteiger partial charge is 0.410 e. The van der Waals surface area contributed by atoms with Crippen molar-refractivity contribution in [3.8, 4) is 11.8 Å². The van der Waals surface area contributed by atoms with Crippen molar-refractivity contribution in [2.45, 2.75) is 32.7 Å². The van der Waals surface area contributed by atoms with Gasteiger partial charge in [-0.05, 0) is 43.0 Å². The second-order valence-electron chi connectivity index (χ2n) is 7.07. The van der Waals surface area contributed by atoms with Gasteiger partial charge in [-0.25, -0.2) is 9.59 Å².